The molecule has 0 saturated heterocycles. The highest BCUT2D eigenvalue weighted by molar-refractivity contribution is 7.89. The van der Waals surface area contributed by atoms with Gasteiger partial charge in [0.15, 0.2) is 0 Å². The van der Waals surface area contributed by atoms with Gasteiger partial charge in [-0.25, -0.2) is 13.6 Å². The third kappa shape index (κ3) is 1.68. The van der Waals surface area contributed by atoms with Crippen LogP contribution in [0, 0.1) is 13.8 Å². The second kappa shape index (κ2) is 3.54. The fourth-order valence-corrected chi connectivity index (χ4v) is 2.63. The fourth-order valence-electron chi connectivity index (χ4n) is 1.80. The molecule has 0 aliphatic rings. The zero-order valence-electron chi connectivity index (χ0n) is 9.06. The normalized spacial score (nSPS) is 11.9. The number of aromatic nitrogens is 1. The highest BCUT2D eigenvalue weighted by Gasteiger charge is 2.14. The van der Waals surface area contributed by atoms with Gasteiger partial charge in [-0.2, -0.15) is 0 Å². The smallest absolute Gasteiger partial charge is 0.238 e. The van der Waals surface area contributed by atoms with Crippen LogP contribution < -0.4 is 5.14 Å². The maximum Gasteiger partial charge on any atom is 0.238 e. The van der Waals surface area contributed by atoms with E-state index in [9.17, 15) is 8.42 Å². The number of nitrogens with zero attached hydrogens (tertiary/aromatic N) is 1. The topological polar surface area (TPSA) is 73.0 Å². The molecule has 0 spiro atoms. The summed E-state index contributed by atoms with van der Waals surface area (Å²) in [7, 11) is -3.70. The number of aryl methyl sites for hydroxylation is 2. The molecule has 16 heavy (non-hydrogen) atoms. The predicted molar refractivity (Wildman–Crippen MR) is 62.6 cm³/mol. The van der Waals surface area contributed by atoms with Gasteiger partial charge in [0.1, 0.15) is 0 Å². The summed E-state index contributed by atoms with van der Waals surface area (Å²) < 4.78 is 22.9. The third-order valence-electron chi connectivity index (χ3n) is 2.57. The lowest BCUT2D eigenvalue weighted by Crippen LogP contribution is -2.13. The lowest BCUT2D eigenvalue weighted by molar-refractivity contribution is 0.598. The van der Waals surface area contributed by atoms with E-state index in [0.29, 0.717) is 5.39 Å². The predicted octanol–water partition coefficient (Wildman–Crippen LogP) is 1.50. The molecule has 1 aromatic heterocycles. The molecule has 1 heterocycles. The minimum absolute atomic E-state index is 0.160. The van der Waals surface area contributed by atoms with E-state index in [1.165, 1.54) is 6.07 Å². The van der Waals surface area contributed by atoms with Crippen molar-refractivity contribution in [2.45, 2.75) is 18.7 Å². The lowest BCUT2D eigenvalue weighted by atomic mass is 10.1. The maximum absolute atomic E-state index is 11.5. The SMILES string of the molecule is Cc1ncc(C)c2c(S(N)(=O)=O)cccc12. The average molecular weight is 236 g/mol. The Balaban J connectivity index is 3.04. The Morgan fingerprint density at radius 3 is 2.56 bits per heavy atom. The molecule has 84 valence electrons. The van der Waals surface area contributed by atoms with Gasteiger partial charge in [0.2, 0.25) is 10.0 Å². The largest absolute Gasteiger partial charge is 0.261 e. The van der Waals surface area contributed by atoms with E-state index in [4.69, 9.17) is 5.14 Å². The van der Waals surface area contributed by atoms with Gasteiger partial charge < -0.3 is 0 Å². The van der Waals surface area contributed by atoms with Crippen molar-refractivity contribution in [3.05, 3.63) is 35.7 Å². The molecule has 0 saturated carbocycles. The molecule has 0 aliphatic carbocycles. The summed E-state index contributed by atoms with van der Waals surface area (Å²) in [6.07, 6.45) is 1.66. The summed E-state index contributed by atoms with van der Waals surface area (Å²) in [5.41, 5.74) is 1.61. The second-order valence-electron chi connectivity index (χ2n) is 3.75. The molecule has 0 bridgehead atoms. The van der Waals surface area contributed by atoms with Crippen molar-refractivity contribution in [3.8, 4) is 0 Å². The van der Waals surface area contributed by atoms with Gasteiger partial charge in [0, 0.05) is 22.7 Å². The Bertz CT molecular complexity index is 663. The van der Waals surface area contributed by atoms with Gasteiger partial charge in [-0.1, -0.05) is 12.1 Å². The van der Waals surface area contributed by atoms with Crippen molar-refractivity contribution in [3.63, 3.8) is 0 Å². The van der Waals surface area contributed by atoms with Crippen LogP contribution in [-0.4, -0.2) is 13.4 Å². The van der Waals surface area contributed by atoms with Crippen LogP contribution in [0.1, 0.15) is 11.3 Å². The van der Waals surface area contributed by atoms with Crippen LogP contribution in [0.15, 0.2) is 29.3 Å². The van der Waals surface area contributed by atoms with E-state index in [1.54, 1.807) is 12.3 Å². The molecule has 0 atom stereocenters. The second-order valence-corrected chi connectivity index (χ2v) is 5.28. The Hall–Kier alpha value is -1.46. The van der Waals surface area contributed by atoms with Gasteiger partial charge >= 0.3 is 0 Å². The van der Waals surface area contributed by atoms with E-state index in [2.05, 4.69) is 4.98 Å². The lowest BCUT2D eigenvalue weighted by Gasteiger charge is -2.08. The standard InChI is InChI=1S/C11H12N2O2S/c1-7-6-13-8(2)9-4-3-5-10(11(7)9)16(12,14)15/h3-6H,1-2H3,(H2,12,14,15). The van der Waals surface area contributed by atoms with Crippen LogP contribution in [-0.2, 0) is 10.0 Å². The molecule has 2 rings (SSSR count). The zero-order chi connectivity index (χ0) is 11.9. The van der Waals surface area contributed by atoms with E-state index < -0.39 is 10.0 Å². The summed E-state index contributed by atoms with van der Waals surface area (Å²) in [6, 6.07) is 5.04. The number of primary sulfonamides is 1. The van der Waals surface area contributed by atoms with Crippen molar-refractivity contribution in [2.75, 3.05) is 0 Å². The first kappa shape index (κ1) is 11.0. The van der Waals surface area contributed by atoms with Crippen molar-refractivity contribution in [1.82, 2.24) is 4.98 Å². The molecule has 1 aromatic carbocycles. The molecule has 2 aromatic rings. The molecule has 0 radical (unpaired) electrons. The molecule has 0 fully saturated rings. The molecular weight excluding hydrogens is 224 g/mol. The van der Waals surface area contributed by atoms with E-state index in [0.717, 1.165) is 16.6 Å². The fraction of sp³-hybridized carbons (Fsp3) is 0.182. The van der Waals surface area contributed by atoms with Gasteiger partial charge in [0.25, 0.3) is 0 Å². The first-order chi connectivity index (χ1) is 7.41. The molecule has 5 heteroatoms. The van der Waals surface area contributed by atoms with Gasteiger partial charge in [-0.3, -0.25) is 4.98 Å². The van der Waals surface area contributed by atoms with E-state index >= 15 is 0 Å². The van der Waals surface area contributed by atoms with Crippen LogP contribution in [0.5, 0.6) is 0 Å². The van der Waals surface area contributed by atoms with Gasteiger partial charge in [0.05, 0.1) is 4.90 Å². The third-order valence-corrected chi connectivity index (χ3v) is 3.52. The highest BCUT2D eigenvalue weighted by Crippen LogP contribution is 2.26. The zero-order valence-corrected chi connectivity index (χ0v) is 9.88. The van der Waals surface area contributed by atoms with Crippen molar-refractivity contribution in [2.24, 2.45) is 5.14 Å². The number of hydrogen-bond acceptors (Lipinski definition) is 3. The monoisotopic (exact) mass is 236 g/mol. The maximum atomic E-state index is 11.5. The first-order valence-electron chi connectivity index (χ1n) is 4.79. The Morgan fingerprint density at radius 2 is 1.94 bits per heavy atom. The molecule has 0 aliphatic heterocycles. The van der Waals surface area contributed by atoms with E-state index in [1.807, 2.05) is 19.9 Å². The van der Waals surface area contributed by atoms with Crippen molar-refractivity contribution in [1.29, 1.82) is 0 Å². The Labute approximate surface area is 94.2 Å². The first-order valence-corrected chi connectivity index (χ1v) is 6.33. The number of nitrogens with two attached hydrogens (primary N) is 1. The number of hydrogen-bond donors (Lipinski definition) is 1. The molecule has 0 amide bonds. The minimum atomic E-state index is -3.70. The summed E-state index contributed by atoms with van der Waals surface area (Å²) in [5.74, 6) is 0. The summed E-state index contributed by atoms with van der Waals surface area (Å²) in [6.45, 7) is 3.66. The Kier molecular flexibility index (Phi) is 2.44. The van der Waals surface area contributed by atoms with Crippen LogP contribution in [0.4, 0.5) is 0 Å². The summed E-state index contributed by atoms with van der Waals surface area (Å²) >= 11 is 0. The average Bonchev–Trinajstić information content (AvgIpc) is 2.22. The van der Waals surface area contributed by atoms with Crippen LogP contribution in [0.3, 0.4) is 0 Å². The quantitative estimate of drug-likeness (QED) is 0.815. The number of pyridine rings is 1. The number of fused-ring (bicyclic) bond motifs is 1. The number of rotatable bonds is 1. The molecule has 2 N–H and O–H groups in total. The minimum Gasteiger partial charge on any atom is -0.261 e. The highest BCUT2D eigenvalue weighted by atomic mass is 32.2. The summed E-state index contributed by atoms with van der Waals surface area (Å²) in [4.78, 5) is 4.35. The number of benzene rings is 1. The Morgan fingerprint density at radius 1 is 1.25 bits per heavy atom. The van der Waals surface area contributed by atoms with Crippen LogP contribution in [0.2, 0.25) is 0 Å². The number of sulfonamides is 1. The van der Waals surface area contributed by atoms with Crippen molar-refractivity contribution >= 4 is 20.8 Å². The van der Waals surface area contributed by atoms with Crippen molar-refractivity contribution < 1.29 is 8.42 Å². The van der Waals surface area contributed by atoms with Gasteiger partial charge in [-0.05, 0) is 25.5 Å². The van der Waals surface area contributed by atoms with Crippen LogP contribution in [0.25, 0.3) is 10.8 Å². The molecule has 0 unspecified atom stereocenters. The van der Waals surface area contributed by atoms with E-state index in [-0.39, 0.29) is 4.90 Å². The molecule has 4 nitrogen and oxygen atoms in total. The van der Waals surface area contributed by atoms with Crippen LogP contribution >= 0.6 is 0 Å². The van der Waals surface area contributed by atoms with Gasteiger partial charge in [-0.15, -0.1) is 0 Å². The summed E-state index contributed by atoms with van der Waals surface area (Å²) in [5, 5.41) is 6.68. The molecular formula is C11H12N2O2S.